The quantitative estimate of drug-likeness (QED) is 0.468. The summed E-state index contributed by atoms with van der Waals surface area (Å²) in [7, 11) is 1.58. The first kappa shape index (κ1) is 21.6. The van der Waals surface area contributed by atoms with Crippen LogP contribution in [0.25, 0.3) is 10.2 Å². The molecule has 0 aliphatic carbocycles. The lowest BCUT2D eigenvalue weighted by Crippen LogP contribution is -2.41. The predicted octanol–water partition coefficient (Wildman–Crippen LogP) is 3.48. The highest BCUT2D eigenvalue weighted by atomic mass is 32.1. The number of methoxy groups -OCH3 is 1. The molecule has 1 N–H and O–H groups in total. The van der Waals surface area contributed by atoms with E-state index in [9.17, 15) is 14.4 Å². The molecule has 1 amide bonds. The summed E-state index contributed by atoms with van der Waals surface area (Å²) in [5.74, 6) is 0.367. The number of para-hydroxylation sites is 1. The van der Waals surface area contributed by atoms with Gasteiger partial charge in [0.25, 0.3) is 5.56 Å². The van der Waals surface area contributed by atoms with Gasteiger partial charge in [0.15, 0.2) is 0 Å². The number of fused-ring (bicyclic) bond motifs is 1. The van der Waals surface area contributed by atoms with Crippen molar-refractivity contribution >= 4 is 33.1 Å². The normalized spacial score (nSPS) is 10.9. The largest absolute Gasteiger partial charge is 0.497 e. The lowest BCUT2D eigenvalue weighted by Gasteiger charge is -2.14. The van der Waals surface area contributed by atoms with E-state index in [1.807, 2.05) is 43.3 Å². The molecule has 0 bridgehead atoms. The SMILES string of the molecule is CCc1ccccc1NC(=O)Cn1c(=O)n(Cc2ccc(OC)cc2)c(=O)c2sccc21. The van der Waals surface area contributed by atoms with Gasteiger partial charge < -0.3 is 10.1 Å². The molecular weight excluding hydrogens is 426 g/mol. The van der Waals surface area contributed by atoms with Crippen molar-refractivity contribution in [3.05, 3.63) is 91.9 Å². The van der Waals surface area contributed by atoms with Gasteiger partial charge in [0.1, 0.15) is 17.0 Å². The number of hydrogen-bond donors (Lipinski definition) is 1. The van der Waals surface area contributed by atoms with Crippen molar-refractivity contribution in [1.29, 1.82) is 0 Å². The number of amides is 1. The molecule has 0 spiro atoms. The highest BCUT2D eigenvalue weighted by Crippen LogP contribution is 2.18. The number of thiophene rings is 1. The molecule has 0 atom stereocenters. The molecule has 2 heterocycles. The van der Waals surface area contributed by atoms with Crippen molar-refractivity contribution in [2.75, 3.05) is 12.4 Å². The van der Waals surface area contributed by atoms with E-state index in [4.69, 9.17) is 4.74 Å². The van der Waals surface area contributed by atoms with Crippen LogP contribution in [-0.2, 0) is 24.3 Å². The van der Waals surface area contributed by atoms with E-state index in [-0.39, 0.29) is 24.6 Å². The first-order valence-electron chi connectivity index (χ1n) is 10.2. The van der Waals surface area contributed by atoms with Gasteiger partial charge in [0.05, 0.1) is 19.2 Å². The van der Waals surface area contributed by atoms with Crippen molar-refractivity contribution in [3.8, 4) is 5.75 Å². The average Bonchev–Trinajstić information content (AvgIpc) is 3.30. The molecule has 164 valence electrons. The van der Waals surface area contributed by atoms with Crippen molar-refractivity contribution < 1.29 is 9.53 Å². The zero-order chi connectivity index (χ0) is 22.7. The molecule has 0 fully saturated rings. The van der Waals surface area contributed by atoms with Gasteiger partial charge >= 0.3 is 5.69 Å². The van der Waals surface area contributed by atoms with Crippen LogP contribution in [-0.4, -0.2) is 22.2 Å². The van der Waals surface area contributed by atoms with Gasteiger partial charge in [0.2, 0.25) is 5.91 Å². The lowest BCUT2D eigenvalue weighted by atomic mass is 10.1. The molecule has 0 saturated carbocycles. The van der Waals surface area contributed by atoms with Crippen LogP contribution in [0, 0.1) is 0 Å². The summed E-state index contributed by atoms with van der Waals surface area (Å²) < 4.78 is 8.15. The molecule has 7 nitrogen and oxygen atoms in total. The maximum Gasteiger partial charge on any atom is 0.332 e. The van der Waals surface area contributed by atoms with Crippen molar-refractivity contribution in [2.24, 2.45) is 0 Å². The molecule has 0 aliphatic rings. The number of ether oxygens (including phenoxy) is 1. The fourth-order valence-electron chi connectivity index (χ4n) is 3.62. The topological polar surface area (TPSA) is 82.3 Å². The van der Waals surface area contributed by atoms with Crippen LogP contribution in [0.5, 0.6) is 5.75 Å². The van der Waals surface area contributed by atoms with Crippen molar-refractivity contribution in [2.45, 2.75) is 26.4 Å². The Bertz CT molecular complexity index is 1380. The van der Waals surface area contributed by atoms with Gasteiger partial charge in [-0.2, -0.15) is 0 Å². The second-order valence-electron chi connectivity index (χ2n) is 7.30. The van der Waals surface area contributed by atoms with Gasteiger partial charge in [-0.25, -0.2) is 4.79 Å². The zero-order valence-corrected chi connectivity index (χ0v) is 18.6. The number of nitrogens with one attached hydrogen (secondary N) is 1. The van der Waals surface area contributed by atoms with Crippen LogP contribution in [0.4, 0.5) is 5.69 Å². The van der Waals surface area contributed by atoms with E-state index < -0.39 is 5.69 Å². The molecular formula is C24H23N3O4S. The standard InChI is InChI=1S/C24H23N3O4S/c1-3-17-6-4-5-7-19(17)25-21(28)15-26-20-12-13-32-22(20)23(29)27(24(26)30)14-16-8-10-18(31-2)11-9-16/h4-13H,3,14-15H2,1-2H3,(H,25,28). The van der Waals surface area contributed by atoms with Crippen LogP contribution < -0.4 is 21.3 Å². The van der Waals surface area contributed by atoms with E-state index >= 15 is 0 Å². The van der Waals surface area contributed by atoms with Gasteiger partial charge in [-0.1, -0.05) is 37.3 Å². The molecule has 2 aromatic heterocycles. The summed E-state index contributed by atoms with van der Waals surface area (Å²) in [4.78, 5) is 39.1. The molecule has 0 aliphatic heterocycles. The fraction of sp³-hybridized carbons (Fsp3) is 0.208. The molecule has 32 heavy (non-hydrogen) atoms. The van der Waals surface area contributed by atoms with Crippen LogP contribution in [0.1, 0.15) is 18.1 Å². The number of nitrogens with zero attached hydrogens (tertiary/aromatic N) is 2. The van der Waals surface area contributed by atoms with Crippen LogP contribution >= 0.6 is 11.3 Å². The van der Waals surface area contributed by atoms with E-state index in [0.29, 0.717) is 16.0 Å². The summed E-state index contributed by atoms with van der Waals surface area (Å²) in [5.41, 5.74) is 2.11. The maximum absolute atomic E-state index is 13.3. The molecule has 4 aromatic rings. The summed E-state index contributed by atoms with van der Waals surface area (Å²) in [5, 5.41) is 4.65. The van der Waals surface area contributed by atoms with Crippen molar-refractivity contribution in [1.82, 2.24) is 9.13 Å². The minimum atomic E-state index is -0.518. The molecule has 4 rings (SSSR count). The molecule has 2 aromatic carbocycles. The smallest absolute Gasteiger partial charge is 0.332 e. The van der Waals surface area contributed by atoms with Crippen LogP contribution in [0.3, 0.4) is 0 Å². The molecule has 0 unspecified atom stereocenters. The number of hydrogen-bond acceptors (Lipinski definition) is 5. The number of carbonyl (C=O) groups excluding carboxylic acids is 1. The van der Waals surface area contributed by atoms with E-state index in [0.717, 1.165) is 23.2 Å². The second kappa shape index (κ2) is 9.23. The minimum Gasteiger partial charge on any atom is -0.497 e. The Labute approximate surface area is 188 Å². The van der Waals surface area contributed by atoms with E-state index in [1.54, 1.807) is 30.7 Å². The first-order chi connectivity index (χ1) is 15.5. The highest BCUT2D eigenvalue weighted by Gasteiger charge is 2.17. The minimum absolute atomic E-state index is 0.107. The summed E-state index contributed by atoms with van der Waals surface area (Å²) >= 11 is 1.26. The van der Waals surface area contributed by atoms with Gasteiger partial charge in [-0.15, -0.1) is 11.3 Å². The monoisotopic (exact) mass is 449 g/mol. The van der Waals surface area contributed by atoms with Crippen LogP contribution in [0.2, 0.25) is 0 Å². The van der Waals surface area contributed by atoms with Gasteiger partial charge in [-0.05, 0) is 47.2 Å². The average molecular weight is 450 g/mol. The molecule has 8 heteroatoms. The number of aromatic nitrogens is 2. The second-order valence-corrected chi connectivity index (χ2v) is 8.22. The Balaban J connectivity index is 1.69. The molecule has 0 radical (unpaired) electrons. The van der Waals surface area contributed by atoms with E-state index in [2.05, 4.69) is 5.32 Å². The van der Waals surface area contributed by atoms with Gasteiger partial charge in [-0.3, -0.25) is 18.7 Å². The number of carbonyl (C=O) groups is 1. The number of benzene rings is 2. The Morgan fingerprint density at radius 3 is 2.50 bits per heavy atom. The number of rotatable bonds is 7. The Kier molecular flexibility index (Phi) is 6.23. The summed E-state index contributed by atoms with van der Waals surface area (Å²) in [6.45, 7) is 1.93. The van der Waals surface area contributed by atoms with Crippen molar-refractivity contribution in [3.63, 3.8) is 0 Å². The lowest BCUT2D eigenvalue weighted by molar-refractivity contribution is -0.116. The Hall–Kier alpha value is -3.65. The fourth-order valence-corrected chi connectivity index (χ4v) is 4.47. The van der Waals surface area contributed by atoms with E-state index in [1.165, 1.54) is 20.5 Å². The third-order valence-electron chi connectivity index (χ3n) is 5.31. The Morgan fingerprint density at radius 1 is 1.03 bits per heavy atom. The number of aryl methyl sites for hydroxylation is 1. The van der Waals surface area contributed by atoms with Gasteiger partial charge in [0, 0.05) is 5.69 Å². The highest BCUT2D eigenvalue weighted by molar-refractivity contribution is 7.17. The maximum atomic E-state index is 13.3. The summed E-state index contributed by atoms with van der Waals surface area (Å²) in [6, 6.07) is 16.4. The zero-order valence-electron chi connectivity index (χ0n) is 17.8. The first-order valence-corrected chi connectivity index (χ1v) is 11.1. The summed E-state index contributed by atoms with van der Waals surface area (Å²) in [6.07, 6.45) is 0.776. The predicted molar refractivity (Wildman–Crippen MR) is 127 cm³/mol. The third-order valence-corrected chi connectivity index (χ3v) is 6.20. The number of anilines is 1. The van der Waals surface area contributed by atoms with Crippen LogP contribution in [0.15, 0.2) is 69.6 Å². The third kappa shape index (κ3) is 4.22. The Morgan fingerprint density at radius 2 is 1.78 bits per heavy atom. The molecule has 0 saturated heterocycles.